The molecule has 0 unspecified atom stereocenters. The van der Waals surface area contributed by atoms with Crippen molar-refractivity contribution >= 4 is 66.8 Å². The highest BCUT2D eigenvalue weighted by Gasteiger charge is 2.24. The molecule has 0 aliphatic carbocycles. The summed E-state index contributed by atoms with van der Waals surface area (Å²) in [5, 5.41) is 4.73. The van der Waals surface area contributed by atoms with Crippen molar-refractivity contribution < 1.29 is 0 Å². The van der Waals surface area contributed by atoms with Crippen LogP contribution in [-0.2, 0) is 0 Å². The lowest BCUT2D eigenvalue weighted by Gasteiger charge is -2.30. The minimum atomic E-state index is 0.789. The van der Waals surface area contributed by atoms with Crippen LogP contribution in [0.4, 0.5) is 34.1 Å². The van der Waals surface area contributed by atoms with Gasteiger partial charge in [0.2, 0.25) is 0 Å². The predicted molar refractivity (Wildman–Crippen MR) is 254 cm³/mol. The number of nitrogens with zero attached hydrogens (tertiary/aromatic N) is 5. The topological polar surface area (TPSA) is 37.2 Å². The van der Waals surface area contributed by atoms with Gasteiger partial charge in [-0.3, -0.25) is 4.57 Å². The fourth-order valence-electron chi connectivity index (χ4n) is 8.53. The fourth-order valence-corrected chi connectivity index (χ4v) is 8.53. The van der Waals surface area contributed by atoms with E-state index in [-0.39, 0.29) is 0 Å². The van der Waals surface area contributed by atoms with Crippen LogP contribution in [0.15, 0.2) is 237 Å². The number of fused-ring (bicyclic) bond motifs is 3. The first-order valence-electron chi connectivity index (χ1n) is 20.6. The Morgan fingerprint density at radius 1 is 0.344 bits per heavy atom. The van der Waals surface area contributed by atoms with Crippen molar-refractivity contribution in [1.82, 2.24) is 14.5 Å². The molecule has 0 radical (unpaired) electrons. The average molecular weight is 782 g/mol. The molecule has 0 saturated carbocycles. The Bertz CT molecular complexity index is 3180. The summed E-state index contributed by atoms with van der Waals surface area (Å²) in [6, 6.07) is 81.7. The second kappa shape index (κ2) is 15.5. The van der Waals surface area contributed by atoms with Gasteiger partial charge in [-0.05, 0) is 112 Å². The normalized spacial score (nSPS) is 11.3. The highest BCUT2D eigenvalue weighted by molar-refractivity contribution is 5.94. The lowest BCUT2D eigenvalue weighted by molar-refractivity contribution is 1.08. The van der Waals surface area contributed by atoms with Crippen LogP contribution < -0.4 is 9.80 Å². The third kappa shape index (κ3) is 6.74. The smallest absolute Gasteiger partial charge is 0.164 e. The Labute approximate surface area is 354 Å². The van der Waals surface area contributed by atoms with Gasteiger partial charge in [0.15, 0.2) is 5.65 Å². The molecule has 0 spiro atoms. The summed E-state index contributed by atoms with van der Waals surface area (Å²) in [6.07, 6.45) is 1.85. The molecule has 0 aliphatic heterocycles. The number of hydrogen-bond donors (Lipinski definition) is 0. The molecule has 2 heterocycles. The minimum absolute atomic E-state index is 0.789. The molecular formula is C56H39N5. The zero-order chi connectivity index (χ0) is 40.5. The van der Waals surface area contributed by atoms with E-state index in [2.05, 4.69) is 239 Å². The summed E-state index contributed by atoms with van der Waals surface area (Å²) in [7, 11) is 0. The SMILES string of the molecule is c1ccc(-c2ccccc2-n2c(-c3cc(N(c4ccccc4)c4ccc5ccccc5c4)cc(N(c4ccccc4)c4ccc5ccccc5c4)c3)nc3cccnc32)cc1. The van der Waals surface area contributed by atoms with Crippen LogP contribution in [0.3, 0.4) is 0 Å². The minimum Gasteiger partial charge on any atom is -0.310 e. The maximum Gasteiger partial charge on any atom is 0.164 e. The van der Waals surface area contributed by atoms with Gasteiger partial charge in [-0.2, -0.15) is 0 Å². The molecule has 0 saturated heterocycles. The highest BCUT2D eigenvalue weighted by atomic mass is 15.2. The number of hydrogen-bond acceptors (Lipinski definition) is 4. The second-order valence-electron chi connectivity index (χ2n) is 15.1. The summed E-state index contributed by atoms with van der Waals surface area (Å²) in [5.74, 6) is 0.790. The Balaban J connectivity index is 1.22. The van der Waals surface area contributed by atoms with E-state index >= 15 is 0 Å². The van der Waals surface area contributed by atoms with Crippen LogP contribution in [0.2, 0.25) is 0 Å². The predicted octanol–water partition coefficient (Wildman–Crippen LogP) is 15.0. The third-order valence-corrected chi connectivity index (χ3v) is 11.3. The molecule has 11 aromatic rings. The fraction of sp³-hybridized carbons (Fsp3) is 0. The maximum absolute atomic E-state index is 5.43. The first-order valence-corrected chi connectivity index (χ1v) is 20.6. The monoisotopic (exact) mass is 781 g/mol. The number of anilines is 6. The van der Waals surface area contributed by atoms with Crippen LogP contribution in [0.25, 0.3) is 60.9 Å². The molecule has 5 nitrogen and oxygen atoms in total. The van der Waals surface area contributed by atoms with Crippen LogP contribution in [0.5, 0.6) is 0 Å². The number of rotatable bonds is 9. The maximum atomic E-state index is 5.43. The number of para-hydroxylation sites is 3. The van der Waals surface area contributed by atoms with E-state index in [1.165, 1.54) is 21.5 Å². The molecule has 288 valence electrons. The van der Waals surface area contributed by atoms with Gasteiger partial charge in [0.1, 0.15) is 11.3 Å². The standard InChI is InChI=1S/C56H39N5/c1-4-19-42(20-5-1)52-27-14-15-29-54(52)61-55(58-53-28-16-34-57-56(53)61)45-37-50(59(46-23-6-2-7-24-46)48-32-30-40-17-10-12-21-43(40)35-48)39-51(38-45)60(47-25-8-3-9-26-47)49-33-31-41-18-11-13-22-44(41)36-49/h1-39H. The number of aromatic nitrogens is 3. The van der Waals surface area contributed by atoms with Crippen molar-refractivity contribution in [3.05, 3.63) is 237 Å². The lowest BCUT2D eigenvalue weighted by Crippen LogP contribution is -2.14. The molecule has 2 aromatic heterocycles. The molecule has 0 N–H and O–H groups in total. The van der Waals surface area contributed by atoms with E-state index in [1.54, 1.807) is 0 Å². The van der Waals surface area contributed by atoms with Crippen LogP contribution in [0.1, 0.15) is 0 Å². The molecule has 5 heteroatoms. The van der Waals surface area contributed by atoms with Crippen LogP contribution in [0, 0.1) is 0 Å². The van der Waals surface area contributed by atoms with Gasteiger partial charge in [-0.15, -0.1) is 0 Å². The van der Waals surface area contributed by atoms with Gasteiger partial charge < -0.3 is 9.80 Å². The van der Waals surface area contributed by atoms with Gasteiger partial charge in [0, 0.05) is 51.4 Å². The van der Waals surface area contributed by atoms with Gasteiger partial charge in [-0.25, -0.2) is 9.97 Å². The van der Waals surface area contributed by atoms with Crippen molar-refractivity contribution in [2.24, 2.45) is 0 Å². The first-order chi connectivity index (χ1) is 30.2. The Kier molecular flexibility index (Phi) is 9.10. The van der Waals surface area contributed by atoms with Crippen LogP contribution in [-0.4, -0.2) is 14.5 Å². The van der Waals surface area contributed by atoms with E-state index in [4.69, 9.17) is 9.97 Å². The third-order valence-electron chi connectivity index (χ3n) is 11.3. The first kappa shape index (κ1) is 35.8. The average Bonchev–Trinajstić information content (AvgIpc) is 3.72. The molecule has 0 atom stereocenters. The molecule has 0 aliphatic rings. The van der Waals surface area contributed by atoms with Crippen molar-refractivity contribution in [1.29, 1.82) is 0 Å². The molecule has 0 fully saturated rings. The van der Waals surface area contributed by atoms with Gasteiger partial charge in [0.05, 0.1) is 5.69 Å². The van der Waals surface area contributed by atoms with E-state index < -0.39 is 0 Å². The van der Waals surface area contributed by atoms with E-state index in [9.17, 15) is 0 Å². The summed E-state index contributed by atoms with van der Waals surface area (Å²) in [6.45, 7) is 0. The van der Waals surface area contributed by atoms with E-state index in [0.717, 1.165) is 73.5 Å². The lowest BCUT2D eigenvalue weighted by atomic mass is 10.0. The Morgan fingerprint density at radius 2 is 0.852 bits per heavy atom. The zero-order valence-corrected chi connectivity index (χ0v) is 33.3. The van der Waals surface area contributed by atoms with Gasteiger partial charge in [0.25, 0.3) is 0 Å². The van der Waals surface area contributed by atoms with Crippen LogP contribution >= 0.6 is 0 Å². The zero-order valence-electron chi connectivity index (χ0n) is 33.3. The second-order valence-corrected chi connectivity index (χ2v) is 15.1. The quantitative estimate of drug-likeness (QED) is 0.146. The molecule has 0 amide bonds. The summed E-state index contributed by atoms with van der Waals surface area (Å²) in [5.41, 5.74) is 11.9. The summed E-state index contributed by atoms with van der Waals surface area (Å²) < 4.78 is 2.23. The van der Waals surface area contributed by atoms with E-state index in [1.807, 2.05) is 12.3 Å². The van der Waals surface area contributed by atoms with Crippen molar-refractivity contribution in [2.45, 2.75) is 0 Å². The molecule has 61 heavy (non-hydrogen) atoms. The molecular weight excluding hydrogens is 743 g/mol. The molecule has 9 aromatic carbocycles. The summed E-state index contributed by atoms with van der Waals surface area (Å²) >= 11 is 0. The highest BCUT2D eigenvalue weighted by Crippen LogP contribution is 2.45. The molecule has 0 bridgehead atoms. The number of imidazole rings is 1. The molecule has 11 rings (SSSR count). The van der Waals surface area contributed by atoms with Gasteiger partial charge in [-0.1, -0.05) is 146 Å². The number of benzene rings is 9. The van der Waals surface area contributed by atoms with Gasteiger partial charge >= 0.3 is 0 Å². The summed E-state index contributed by atoms with van der Waals surface area (Å²) in [4.78, 5) is 15.1. The Morgan fingerprint density at radius 3 is 1.44 bits per heavy atom. The van der Waals surface area contributed by atoms with Crippen molar-refractivity contribution in [2.75, 3.05) is 9.80 Å². The Hall–Kier alpha value is -8.28. The largest absolute Gasteiger partial charge is 0.310 e. The van der Waals surface area contributed by atoms with Crippen molar-refractivity contribution in [3.8, 4) is 28.2 Å². The number of pyridine rings is 1. The van der Waals surface area contributed by atoms with Crippen molar-refractivity contribution in [3.63, 3.8) is 0 Å². The van der Waals surface area contributed by atoms with E-state index in [0.29, 0.717) is 0 Å².